The number of halogens is 1. The second-order valence-electron chi connectivity index (χ2n) is 2.33. The number of phenols is 1. The number of hydrogen-bond acceptors (Lipinski definition) is 3. The van der Waals surface area contributed by atoms with Crippen molar-refractivity contribution in [2.24, 2.45) is 5.73 Å². The molecule has 4 heteroatoms. The molecule has 0 aliphatic rings. The summed E-state index contributed by atoms with van der Waals surface area (Å²) in [6.45, 7) is 0.214. The van der Waals surface area contributed by atoms with Crippen LogP contribution in [-0.2, 0) is 6.54 Å². The minimum atomic E-state index is 0.100. The average molecular weight is 230 g/mol. The fourth-order valence-corrected chi connectivity index (χ4v) is 1.42. The topological polar surface area (TPSA) is 63.3 Å². The lowest BCUT2D eigenvalue weighted by Crippen LogP contribution is -1.98. The molecule has 0 aromatic heterocycles. The number of phenolic OH excluding ortho intramolecular Hbond substituents is 1. The summed E-state index contributed by atoms with van der Waals surface area (Å²) in [5.74, 6) is 0.100. The Bertz CT molecular complexity index is 312. The van der Waals surface area contributed by atoms with E-state index >= 15 is 0 Å². The van der Waals surface area contributed by atoms with Gasteiger partial charge in [-0.25, -0.2) is 0 Å². The summed E-state index contributed by atoms with van der Waals surface area (Å²) in [6.07, 6.45) is 0.712. The summed E-state index contributed by atoms with van der Waals surface area (Å²) in [6, 6.07) is 3.11. The number of benzene rings is 1. The predicted octanol–water partition coefficient (Wildman–Crippen LogP) is 1.43. The van der Waals surface area contributed by atoms with Gasteiger partial charge in [-0.1, -0.05) is 0 Å². The highest BCUT2D eigenvalue weighted by atomic mass is 79.9. The van der Waals surface area contributed by atoms with Crippen molar-refractivity contribution >= 4 is 22.2 Å². The van der Waals surface area contributed by atoms with Gasteiger partial charge < -0.3 is 10.8 Å². The van der Waals surface area contributed by atoms with E-state index in [9.17, 15) is 9.90 Å². The second-order valence-corrected chi connectivity index (χ2v) is 3.19. The number of hydrogen-bond donors (Lipinski definition) is 2. The Morgan fingerprint density at radius 2 is 2.25 bits per heavy atom. The third-order valence-electron chi connectivity index (χ3n) is 1.52. The SMILES string of the molecule is NCc1cc(C=O)cc(Br)c1O. The maximum atomic E-state index is 10.4. The highest BCUT2D eigenvalue weighted by molar-refractivity contribution is 9.10. The summed E-state index contributed by atoms with van der Waals surface area (Å²) in [7, 11) is 0. The molecule has 0 saturated carbocycles. The number of nitrogens with two attached hydrogens (primary N) is 1. The molecule has 0 fully saturated rings. The van der Waals surface area contributed by atoms with Gasteiger partial charge in [-0.3, -0.25) is 4.79 Å². The molecule has 1 rings (SSSR count). The van der Waals surface area contributed by atoms with Gasteiger partial charge in [0.2, 0.25) is 0 Å². The third kappa shape index (κ3) is 1.65. The van der Waals surface area contributed by atoms with Crippen LogP contribution in [0.1, 0.15) is 15.9 Å². The molecule has 0 aliphatic heterocycles. The lowest BCUT2D eigenvalue weighted by atomic mass is 10.1. The van der Waals surface area contributed by atoms with Crippen molar-refractivity contribution in [1.82, 2.24) is 0 Å². The van der Waals surface area contributed by atoms with Crippen LogP contribution >= 0.6 is 15.9 Å². The first-order chi connectivity index (χ1) is 5.69. The van der Waals surface area contributed by atoms with E-state index in [0.29, 0.717) is 21.9 Å². The van der Waals surface area contributed by atoms with Crippen LogP contribution < -0.4 is 5.73 Å². The standard InChI is InChI=1S/C8H8BrNO2/c9-7-2-5(4-11)1-6(3-10)8(7)12/h1-2,4,12H,3,10H2. The van der Waals surface area contributed by atoms with Crippen molar-refractivity contribution in [2.75, 3.05) is 0 Å². The number of aldehydes is 1. The minimum absolute atomic E-state index is 0.100. The fourth-order valence-electron chi connectivity index (χ4n) is 0.903. The van der Waals surface area contributed by atoms with Gasteiger partial charge in [0, 0.05) is 17.7 Å². The summed E-state index contributed by atoms with van der Waals surface area (Å²) in [5, 5.41) is 9.37. The quantitative estimate of drug-likeness (QED) is 0.755. The number of carbonyl (C=O) groups is 1. The average Bonchev–Trinajstić information content (AvgIpc) is 2.09. The molecule has 3 nitrogen and oxygen atoms in total. The van der Waals surface area contributed by atoms with Crippen LogP contribution in [0.5, 0.6) is 5.75 Å². The molecule has 0 spiro atoms. The van der Waals surface area contributed by atoms with Gasteiger partial charge >= 0.3 is 0 Å². The molecular weight excluding hydrogens is 222 g/mol. The molecule has 0 aliphatic carbocycles. The smallest absolute Gasteiger partial charge is 0.150 e. The maximum absolute atomic E-state index is 10.4. The number of aromatic hydroxyl groups is 1. The van der Waals surface area contributed by atoms with Crippen molar-refractivity contribution in [3.05, 3.63) is 27.7 Å². The van der Waals surface area contributed by atoms with Crippen LogP contribution in [0.2, 0.25) is 0 Å². The van der Waals surface area contributed by atoms with Gasteiger partial charge in [0.05, 0.1) is 4.47 Å². The van der Waals surface area contributed by atoms with E-state index in [-0.39, 0.29) is 12.3 Å². The van der Waals surface area contributed by atoms with Crippen LogP contribution in [-0.4, -0.2) is 11.4 Å². The van der Waals surface area contributed by atoms with Crippen molar-refractivity contribution in [2.45, 2.75) is 6.54 Å². The zero-order valence-corrected chi connectivity index (χ0v) is 7.84. The van der Waals surface area contributed by atoms with E-state index in [4.69, 9.17) is 5.73 Å². The third-order valence-corrected chi connectivity index (χ3v) is 2.13. The highest BCUT2D eigenvalue weighted by Gasteiger charge is 2.05. The Morgan fingerprint density at radius 3 is 2.75 bits per heavy atom. The monoisotopic (exact) mass is 229 g/mol. The van der Waals surface area contributed by atoms with Crippen LogP contribution in [0.4, 0.5) is 0 Å². The van der Waals surface area contributed by atoms with E-state index in [0.717, 1.165) is 0 Å². The lowest BCUT2D eigenvalue weighted by molar-refractivity contribution is 0.112. The van der Waals surface area contributed by atoms with Crippen LogP contribution in [0.25, 0.3) is 0 Å². The largest absolute Gasteiger partial charge is 0.506 e. The van der Waals surface area contributed by atoms with Gasteiger partial charge in [0.15, 0.2) is 0 Å². The minimum Gasteiger partial charge on any atom is -0.506 e. The zero-order valence-electron chi connectivity index (χ0n) is 6.25. The summed E-state index contributed by atoms with van der Waals surface area (Å²) in [5.41, 5.74) is 6.41. The Kier molecular flexibility index (Phi) is 2.83. The van der Waals surface area contributed by atoms with Crippen molar-refractivity contribution in [3.63, 3.8) is 0 Å². The Hall–Kier alpha value is -0.870. The predicted molar refractivity (Wildman–Crippen MR) is 49.1 cm³/mol. The number of carbonyl (C=O) groups excluding carboxylic acids is 1. The molecule has 0 saturated heterocycles. The zero-order chi connectivity index (χ0) is 9.14. The van der Waals surface area contributed by atoms with Crippen LogP contribution in [0.15, 0.2) is 16.6 Å². The molecule has 0 unspecified atom stereocenters. The Morgan fingerprint density at radius 1 is 1.58 bits per heavy atom. The van der Waals surface area contributed by atoms with E-state index in [1.54, 1.807) is 12.1 Å². The molecule has 0 amide bonds. The molecule has 0 heterocycles. The Balaban J connectivity index is 3.28. The van der Waals surface area contributed by atoms with E-state index < -0.39 is 0 Å². The van der Waals surface area contributed by atoms with Gasteiger partial charge in [0.1, 0.15) is 12.0 Å². The van der Waals surface area contributed by atoms with Crippen molar-refractivity contribution in [3.8, 4) is 5.75 Å². The van der Waals surface area contributed by atoms with Crippen molar-refractivity contribution < 1.29 is 9.90 Å². The molecule has 1 aromatic rings. The van der Waals surface area contributed by atoms with Crippen molar-refractivity contribution in [1.29, 1.82) is 0 Å². The second kappa shape index (κ2) is 3.69. The van der Waals surface area contributed by atoms with Gasteiger partial charge in [-0.15, -0.1) is 0 Å². The first-order valence-electron chi connectivity index (χ1n) is 3.35. The molecule has 0 atom stereocenters. The summed E-state index contributed by atoms with van der Waals surface area (Å²) < 4.78 is 0.493. The highest BCUT2D eigenvalue weighted by Crippen LogP contribution is 2.28. The molecule has 3 N–H and O–H groups in total. The Labute approximate surface area is 78.3 Å². The normalized spacial score (nSPS) is 9.83. The van der Waals surface area contributed by atoms with Crippen LogP contribution in [0.3, 0.4) is 0 Å². The molecular formula is C8H8BrNO2. The maximum Gasteiger partial charge on any atom is 0.150 e. The number of rotatable bonds is 2. The molecule has 0 radical (unpaired) electrons. The van der Waals surface area contributed by atoms with Gasteiger partial charge in [0.25, 0.3) is 0 Å². The summed E-state index contributed by atoms with van der Waals surface area (Å²) in [4.78, 5) is 10.4. The molecule has 0 bridgehead atoms. The summed E-state index contributed by atoms with van der Waals surface area (Å²) >= 11 is 3.11. The van der Waals surface area contributed by atoms with Crippen LogP contribution in [0, 0.1) is 0 Å². The molecule has 12 heavy (non-hydrogen) atoms. The lowest BCUT2D eigenvalue weighted by Gasteiger charge is -2.04. The van der Waals surface area contributed by atoms with E-state index in [1.165, 1.54) is 0 Å². The first-order valence-corrected chi connectivity index (χ1v) is 4.15. The van der Waals surface area contributed by atoms with E-state index in [1.807, 2.05) is 0 Å². The molecule has 1 aromatic carbocycles. The van der Waals surface area contributed by atoms with E-state index in [2.05, 4.69) is 15.9 Å². The molecule has 64 valence electrons. The fraction of sp³-hybridized carbons (Fsp3) is 0.125. The first kappa shape index (κ1) is 9.22. The van der Waals surface area contributed by atoms with Gasteiger partial charge in [-0.2, -0.15) is 0 Å². The van der Waals surface area contributed by atoms with Gasteiger partial charge in [-0.05, 0) is 28.1 Å².